The molecule has 3 rings (SSSR count). The first-order valence-electron chi connectivity index (χ1n) is 6.80. The van der Waals surface area contributed by atoms with Crippen LogP contribution >= 0.6 is 0 Å². The van der Waals surface area contributed by atoms with Crippen LogP contribution in [0.15, 0.2) is 18.2 Å². The van der Waals surface area contributed by atoms with E-state index in [4.69, 9.17) is 10.5 Å². The Morgan fingerprint density at radius 1 is 1.45 bits per heavy atom. The van der Waals surface area contributed by atoms with Gasteiger partial charge >= 0.3 is 0 Å². The second kappa shape index (κ2) is 4.56. The maximum Gasteiger partial charge on any atom is 0.184 e. The van der Waals surface area contributed by atoms with Crippen LogP contribution in [0.3, 0.4) is 0 Å². The number of tetrazole rings is 1. The molecular weight excluding hydrogens is 254 g/mol. The van der Waals surface area contributed by atoms with Crippen molar-refractivity contribution in [2.24, 2.45) is 0 Å². The van der Waals surface area contributed by atoms with Crippen LogP contribution < -0.4 is 5.73 Å². The molecule has 6 heteroatoms. The minimum Gasteiger partial charge on any atom is -0.398 e. The van der Waals surface area contributed by atoms with Crippen molar-refractivity contribution in [1.29, 1.82) is 0 Å². The van der Waals surface area contributed by atoms with Gasteiger partial charge < -0.3 is 10.5 Å². The summed E-state index contributed by atoms with van der Waals surface area (Å²) < 4.78 is 7.56. The van der Waals surface area contributed by atoms with Gasteiger partial charge in [0.1, 0.15) is 0 Å². The smallest absolute Gasteiger partial charge is 0.184 e. The number of hydrogen-bond acceptors (Lipinski definition) is 5. The molecule has 1 aliphatic rings. The minimum atomic E-state index is -0.243. The summed E-state index contributed by atoms with van der Waals surface area (Å²) in [6.45, 7) is 6.92. The normalized spacial score (nSPS) is 26.1. The number of rotatable bonds is 2. The number of nitrogens with zero attached hydrogens (tertiary/aromatic N) is 4. The Balaban J connectivity index is 2.16. The molecule has 2 atom stereocenters. The maximum atomic E-state index is 6.12. The number of benzene rings is 1. The molecule has 2 heterocycles. The van der Waals surface area contributed by atoms with E-state index in [1.165, 1.54) is 0 Å². The number of nitrogen functional groups attached to an aromatic ring is 1. The highest BCUT2D eigenvalue weighted by Gasteiger charge is 2.42. The predicted molar refractivity (Wildman–Crippen MR) is 76.1 cm³/mol. The van der Waals surface area contributed by atoms with Crippen molar-refractivity contribution in [3.63, 3.8) is 0 Å². The monoisotopic (exact) mass is 273 g/mol. The zero-order chi connectivity index (χ0) is 14.3. The molecule has 6 nitrogen and oxygen atoms in total. The molecule has 0 amide bonds. The first-order valence-corrected chi connectivity index (χ1v) is 6.80. The van der Waals surface area contributed by atoms with Crippen LogP contribution in [-0.2, 0) is 10.3 Å². The van der Waals surface area contributed by atoms with Crippen LogP contribution in [0.5, 0.6) is 0 Å². The van der Waals surface area contributed by atoms with Gasteiger partial charge in [-0.25, -0.2) is 4.68 Å². The molecule has 1 saturated heterocycles. The summed E-state index contributed by atoms with van der Waals surface area (Å²) in [6, 6.07) is 5.82. The van der Waals surface area contributed by atoms with Crippen LogP contribution in [0.1, 0.15) is 25.8 Å². The van der Waals surface area contributed by atoms with Crippen LogP contribution in [0, 0.1) is 6.92 Å². The second-order valence-corrected chi connectivity index (χ2v) is 5.57. The molecule has 20 heavy (non-hydrogen) atoms. The van der Waals surface area contributed by atoms with Crippen LogP contribution in [0.25, 0.3) is 11.4 Å². The zero-order valence-electron chi connectivity index (χ0n) is 12.0. The third-order valence-corrected chi connectivity index (χ3v) is 4.33. The average molecular weight is 273 g/mol. The molecule has 2 N–H and O–H groups in total. The van der Waals surface area contributed by atoms with Crippen molar-refractivity contribution >= 4 is 5.69 Å². The molecule has 1 fully saturated rings. The molecular formula is C14H19N5O. The number of aromatic nitrogens is 4. The van der Waals surface area contributed by atoms with E-state index in [2.05, 4.69) is 29.4 Å². The fourth-order valence-corrected chi connectivity index (χ4v) is 2.79. The number of ether oxygens (including phenoxy) is 1. The summed E-state index contributed by atoms with van der Waals surface area (Å²) in [4.78, 5) is 0. The minimum absolute atomic E-state index is 0.0648. The Kier molecular flexibility index (Phi) is 2.97. The maximum absolute atomic E-state index is 6.12. The van der Waals surface area contributed by atoms with E-state index in [0.29, 0.717) is 11.5 Å². The van der Waals surface area contributed by atoms with Crippen LogP contribution in [0.2, 0.25) is 0 Å². The van der Waals surface area contributed by atoms with Gasteiger partial charge in [-0.2, -0.15) is 0 Å². The van der Waals surface area contributed by atoms with Crippen LogP contribution in [0.4, 0.5) is 5.69 Å². The number of nitrogens with two attached hydrogens (primary N) is 1. The highest BCUT2D eigenvalue weighted by Crippen LogP contribution is 2.37. The molecule has 0 saturated carbocycles. The summed E-state index contributed by atoms with van der Waals surface area (Å²) in [6.07, 6.45) is 0.952. The Bertz CT molecular complexity index is 618. The van der Waals surface area contributed by atoms with Gasteiger partial charge in [0.2, 0.25) is 0 Å². The Hall–Kier alpha value is -1.95. The van der Waals surface area contributed by atoms with Gasteiger partial charge in [-0.1, -0.05) is 12.1 Å². The fraction of sp³-hybridized carbons (Fsp3) is 0.500. The van der Waals surface area contributed by atoms with Crippen molar-refractivity contribution in [1.82, 2.24) is 20.2 Å². The van der Waals surface area contributed by atoms with E-state index in [-0.39, 0.29) is 11.6 Å². The third kappa shape index (κ3) is 1.79. The number of anilines is 1. The Labute approximate surface area is 117 Å². The first-order chi connectivity index (χ1) is 9.54. The van der Waals surface area contributed by atoms with E-state index >= 15 is 0 Å². The SMILES string of the molecule is Cc1cccc(N)c1-c1nnnn1C1(C)CCOC1C. The lowest BCUT2D eigenvalue weighted by atomic mass is 9.94. The number of hydrogen-bond donors (Lipinski definition) is 1. The molecule has 0 spiro atoms. The number of aryl methyl sites for hydroxylation is 1. The largest absolute Gasteiger partial charge is 0.398 e. The van der Waals surface area contributed by atoms with Gasteiger partial charge in [0.25, 0.3) is 0 Å². The van der Waals surface area contributed by atoms with E-state index in [1.807, 2.05) is 29.8 Å². The highest BCUT2D eigenvalue weighted by molar-refractivity contribution is 5.74. The third-order valence-electron chi connectivity index (χ3n) is 4.33. The predicted octanol–water partition coefficient (Wildman–Crippen LogP) is 1.75. The molecule has 0 bridgehead atoms. The molecule has 1 aromatic carbocycles. The molecule has 0 aliphatic carbocycles. The lowest BCUT2D eigenvalue weighted by molar-refractivity contribution is 0.0706. The van der Waals surface area contributed by atoms with Crippen molar-refractivity contribution in [3.05, 3.63) is 23.8 Å². The lowest BCUT2D eigenvalue weighted by Gasteiger charge is -2.28. The van der Waals surface area contributed by atoms with Crippen LogP contribution in [-0.4, -0.2) is 32.9 Å². The standard InChI is InChI=1S/C14H19N5O/c1-9-5-4-6-11(15)12(9)13-16-17-18-19(13)14(3)7-8-20-10(14)2/h4-6,10H,7-8,15H2,1-3H3. The summed E-state index contributed by atoms with van der Waals surface area (Å²) >= 11 is 0. The lowest BCUT2D eigenvalue weighted by Crippen LogP contribution is -2.38. The summed E-state index contributed by atoms with van der Waals surface area (Å²) in [5.41, 5.74) is 8.53. The van der Waals surface area contributed by atoms with E-state index in [0.717, 1.165) is 24.2 Å². The Morgan fingerprint density at radius 3 is 2.90 bits per heavy atom. The van der Waals surface area contributed by atoms with E-state index in [1.54, 1.807) is 0 Å². The highest BCUT2D eigenvalue weighted by atomic mass is 16.5. The van der Waals surface area contributed by atoms with Gasteiger partial charge in [0, 0.05) is 17.9 Å². The summed E-state index contributed by atoms with van der Waals surface area (Å²) in [5.74, 6) is 0.709. The molecule has 2 aromatic rings. The average Bonchev–Trinajstić information content (AvgIpc) is 2.99. The first kappa shape index (κ1) is 13.1. The van der Waals surface area contributed by atoms with Crippen molar-refractivity contribution in [3.8, 4) is 11.4 Å². The van der Waals surface area contributed by atoms with Gasteiger partial charge in [-0.05, 0) is 49.2 Å². The van der Waals surface area contributed by atoms with Crippen molar-refractivity contribution < 1.29 is 4.74 Å². The van der Waals surface area contributed by atoms with E-state index in [9.17, 15) is 0 Å². The van der Waals surface area contributed by atoms with Crippen molar-refractivity contribution in [2.75, 3.05) is 12.3 Å². The molecule has 2 unspecified atom stereocenters. The molecule has 1 aliphatic heterocycles. The zero-order valence-corrected chi connectivity index (χ0v) is 12.0. The molecule has 1 aromatic heterocycles. The van der Waals surface area contributed by atoms with Gasteiger partial charge in [0.05, 0.1) is 11.6 Å². The quantitative estimate of drug-likeness (QED) is 0.843. The molecule has 106 valence electrons. The van der Waals surface area contributed by atoms with Gasteiger partial charge in [-0.15, -0.1) is 5.10 Å². The fourth-order valence-electron chi connectivity index (χ4n) is 2.79. The molecule has 0 radical (unpaired) electrons. The summed E-state index contributed by atoms with van der Waals surface area (Å²) in [5, 5.41) is 12.3. The van der Waals surface area contributed by atoms with Gasteiger partial charge in [-0.3, -0.25) is 0 Å². The second-order valence-electron chi connectivity index (χ2n) is 5.57. The Morgan fingerprint density at radius 2 is 2.25 bits per heavy atom. The van der Waals surface area contributed by atoms with E-state index < -0.39 is 0 Å². The summed E-state index contributed by atoms with van der Waals surface area (Å²) in [7, 11) is 0. The van der Waals surface area contributed by atoms with Crippen molar-refractivity contribution in [2.45, 2.75) is 38.8 Å². The topological polar surface area (TPSA) is 78.9 Å². The van der Waals surface area contributed by atoms with Gasteiger partial charge in [0.15, 0.2) is 5.82 Å².